The minimum absolute atomic E-state index is 0.123. The minimum atomic E-state index is -0.711. The standard InChI is InChI=1S/C14H26N2O3/c1-10(2)4-3-9-15-14(19)16-12-7-5-11(6-8-12)13(17)18/h10-12H,3-9H2,1-2H3,(H,17,18)(H2,15,16,19). The summed E-state index contributed by atoms with van der Waals surface area (Å²) in [5.74, 6) is -0.278. The molecule has 110 valence electrons. The van der Waals surface area contributed by atoms with Gasteiger partial charge in [-0.3, -0.25) is 4.79 Å². The number of carboxylic acid groups (broad SMARTS) is 1. The number of amides is 2. The van der Waals surface area contributed by atoms with Crippen LogP contribution in [0.5, 0.6) is 0 Å². The number of aliphatic carboxylic acids is 1. The minimum Gasteiger partial charge on any atom is -0.481 e. The monoisotopic (exact) mass is 270 g/mol. The number of rotatable bonds is 6. The maximum atomic E-state index is 11.6. The Balaban J connectivity index is 2.11. The average molecular weight is 270 g/mol. The van der Waals surface area contributed by atoms with Crippen LogP contribution in [-0.2, 0) is 4.79 Å². The molecule has 5 heteroatoms. The maximum Gasteiger partial charge on any atom is 0.315 e. The summed E-state index contributed by atoms with van der Waals surface area (Å²) in [6.07, 6.45) is 4.95. The van der Waals surface area contributed by atoms with Crippen LogP contribution < -0.4 is 10.6 Å². The zero-order valence-electron chi connectivity index (χ0n) is 11.9. The molecule has 2 amide bonds. The fourth-order valence-corrected chi connectivity index (χ4v) is 2.43. The lowest BCUT2D eigenvalue weighted by molar-refractivity contribution is -0.142. The average Bonchev–Trinajstić information content (AvgIpc) is 2.35. The number of carbonyl (C=O) groups excluding carboxylic acids is 1. The fraction of sp³-hybridized carbons (Fsp3) is 0.857. The van der Waals surface area contributed by atoms with Crippen LogP contribution >= 0.6 is 0 Å². The summed E-state index contributed by atoms with van der Waals surface area (Å²) in [7, 11) is 0. The number of carbonyl (C=O) groups is 2. The van der Waals surface area contributed by atoms with Crippen molar-refractivity contribution in [3.63, 3.8) is 0 Å². The SMILES string of the molecule is CC(C)CCCNC(=O)NC1CCC(C(=O)O)CC1. The van der Waals surface area contributed by atoms with E-state index in [9.17, 15) is 9.59 Å². The van der Waals surface area contributed by atoms with Gasteiger partial charge in [0.05, 0.1) is 5.92 Å². The van der Waals surface area contributed by atoms with Crippen molar-refractivity contribution in [1.82, 2.24) is 10.6 Å². The number of nitrogens with one attached hydrogen (secondary N) is 2. The van der Waals surface area contributed by atoms with Crippen LogP contribution in [0, 0.1) is 11.8 Å². The van der Waals surface area contributed by atoms with Gasteiger partial charge in [-0.25, -0.2) is 4.79 Å². The lowest BCUT2D eigenvalue weighted by atomic mass is 9.86. The number of urea groups is 1. The topological polar surface area (TPSA) is 78.4 Å². The quantitative estimate of drug-likeness (QED) is 0.648. The van der Waals surface area contributed by atoms with Crippen molar-refractivity contribution < 1.29 is 14.7 Å². The molecule has 1 aliphatic rings. The van der Waals surface area contributed by atoms with Crippen molar-refractivity contribution in [3.8, 4) is 0 Å². The Bertz CT molecular complexity index is 297. The van der Waals surface area contributed by atoms with Crippen LogP contribution in [-0.4, -0.2) is 29.7 Å². The summed E-state index contributed by atoms with van der Waals surface area (Å²) in [4.78, 5) is 22.4. The van der Waals surface area contributed by atoms with Crippen LogP contribution in [0.25, 0.3) is 0 Å². The normalized spacial score (nSPS) is 23.1. The van der Waals surface area contributed by atoms with Crippen molar-refractivity contribution in [1.29, 1.82) is 0 Å². The molecule has 1 saturated carbocycles. The molecule has 0 atom stereocenters. The summed E-state index contributed by atoms with van der Waals surface area (Å²) >= 11 is 0. The Morgan fingerprint density at radius 1 is 1.21 bits per heavy atom. The van der Waals surface area contributed by atoms with E-state index in [1.54, 1.807) is 0 Å². The molecule has 0 heterocycles. The van der Waals surface area contributed by atoms with E-state index < -0.39 is 5.97 Å². The predicted octanol–water partition coefficient (Wildman–Crippen LogP) is 2.37. The molecule has 0 bridgehead atoms. The lowest BCUT2D eigenvalue weighted by Crippen LogP contribution is -2.44. The van der Waals surface area contributed by atoms with Crippen molar-refractivity contribution in [3.05, 3.63) is 0 Å². The molecule has 1 aliphatic carbocycles. The Labute approximate surface area is 115 Å². The molecule has 19 heavy (non-hydrogen) atoms. The highest BCUT2D eigenvalue weighted by molar-refractivity contribution is 5.74. The van der Waals surface area contributed by atoms with Gasteiger partial charge < -0.3 is 15.7 Å². The number of hydrogen-bond donors (Lipinski definition) is 3. The Kier molecular flexibility index (Phi) is 6.67. The molecule has 0 saturated heterocycles. The van der Waals surface area contributed by atoms with Crippen LogP contribution in [0.15, 0.2) is 0 Å². The first-order chi connectivity index (χ1) is 8.99. The Morgan fingerprint density at radius 2 is 1.84 bits per heavy atom. The van der Waals surface area contributed by atoms with E-state index in [1.807, 2.05) is 0 Å². The van der Waals surface area contributed by atoms with E-state index in [0.717, 1.165) is 25.7 Å². The molecule has 0 spiro atoms. The first-order valence-corrected chi connectivity index (χ1v) is 7.26. The van der Waals surface area contributed by atoms with Crippen molar-refractivity contribution in [2.24, 2.45) is 11.8 Å². The van der Waals surface area contributed by atoms with Gasteiger partial charge in [0.15, 0.2) is 0 Å². The molecule has 1 fully saturated rings. The molecule has 0 unspecified atom stereocenters. The highest BCUT2D eigenvalue weighted by Gasteiger charge is 2.26. The van der Waals surface area contributed by atoms with Gasteiger partial charge in [0.1, 0.15) is 0 Å². The second-order valence-electron chi connectivity index (χ2n) is 5.82. The largest absolute Gasteiger partial charge is 0.481 e. The zero-order chi connectivity index (χ0) is 14.3. The van der Waals surface area contributed by atoms with Gasteiger partial charge >= 0.3 is 12.0 Å². The second-order valence-corrected chi connectivity index (χ2v) is 5.82. The van der Waals surface area contributed by atoms with Gasteiger partial charge in [-0.15, -0.1) is 0 Å². The van der Waals surface area contributed by atoms with Gasteiger partial charge in [-0.05, 0) is 44.4 Å². The third-order valence-corrected chi connectivity index (χ3v) is 3.66. The highest BCUT2D eigenvalue weighted by atomic mass is 16.4. The van der Waals surface area contributed by atoms with Crippen molar-refractivity contribution >= 4 is 12.0 Å². The molecule has 3 N–H and O–H groups in total. The first kappa shape index (κ1) is 15.8. The zero-order valence-corrected chi connectivity index (χ0v) is 11.9. The summed E-state index contributed by atoms with van der Waals surface area (Å²) in [6, 6.07) is 0.00299. The van der Waals surface area contributed by atoms with Crippen LogP contribution in [0.1, 0.15) is 52.4 Å². The molecule has 0 aromatic rings. The molecular weight excluding hydrogens is 244 g/mol. The van der Waals surface area contributed by atoms with Gasteiger partial charge in [-0.2, -0.15) is 0 Å². The van der Waals surface area contributed by atoms with E-state index in [2.05, 4.69) is 24.5 Å². The summed E-state index contributed by atoms with van der Waals surface area (Å²) in [6.45, 7) is 5.04. The maximum absolute atomic E-state index is 11.6. The summed E-state index contributed by atoms with van der Waals surface area (Å²) in [5.41, 5.74) is 0. The fourth-order valence-electron chi connectivity index (χ4n) is 2.43. The first-order valence-electron chi connectivity index (χ1n) is 7.26. The van der Waals surface area contributed by atoms with Gasteiger partial charge in [0, 0.05) is 12.6 Å². The van der Waals surface area contributed by atoms with Crippen molar-refractivity contribution in [2.75, 3.05) is 6.54 Å². The molecule has 0 aromatic heterocycles. The van der Waals surface area contributed by atoms with Crippen LogP contribution in [0.2, 0.25) is 0 Å². The Morgan fingerprint density at radius 3 is 2.37 bits per heavy atom. The van der Waals surface area contributed by atoms with Crippen LogP contribution in [0.3, 0.4) is 0 Å². The van der Waals surface area contributed by atoms with Crippen molar-refractivity contribution in [2.45, 2.75) is 58.4 Å². The molecular formula is C14H26N2O3. The molecule has 0 aliphatic heterocycles. The Hall–Kier alpha value is -1.26. The highest BCUT2D eigenvalue weighted by Crippen LogP contribution is 2.24. The molecule has 5 nitrogen and oxygen atoms in total. The predicted molar refractivity (Wildman–Crippen MR) is 74.0 cm³/mol. The third-order valence-electron chi connectivity index (χ3n) is 3.66. The molecule has 0 aromatic carbocycles. The number of carboxylic acids is 1. The molecule has 1 rings (SSSR count). The van der Waals surface area contributed by atoms with Gasteiger partial charge in [0.25, 0.3) is 0 Å². The van der Waals surface area contributed by atoms with Crippen LogP contribution in [0.4, 0.5) is 4.79 Å². The summed E-state index contributed by atoms with van der Waals surface area (Å²) < 4.78 is 0. The van der Waals surface area contributed by atoms with E-state index >= 15 is 0 Å². The summed E-state index contributed by atoms with van der Waals surface area (Å²) in [5, 5.41) is 14.7. The lowest BCUT2D eigenvalue weighted by Gasteiger charge is -2.26. The third kappa shape index (κ3) is 6.45. The van der Waals surface area contributed by atoms with Gasteiger partial charge in [-0.1, -0.05) is 13.8 Å². The van der Waals surface area contributed by atoms with E-state index in [4.69, 9.17) is 5.11 Å². The van der Waals surface area contributed by atoms with E-state index in [1.165, 1.54) is 0 Å². The number of hydrogen-bond acceptors (Lipinski definition) is 2. The second kappa shape index (κ2) is 8.02. The van der Waals surface area contributed by atoms with E-state index in [-0.39, 0.29) is 18.0 Å². The molecule has 0 radical (unpaired) electrons. The smallest absolute Gasteiger partial charge is 0.315 e. The van der Waals surface area contributed by atoms with E-state index in [0.29, 0.717) is 25.3 Å². The van der Waals surface area contributed by atoms with Gasteiger partial charge in [0.2, 0.25) is 0 Å².